The fourth-order valence-electron chi connectivity index (χ4n) is 2.10. The average molecular weight is 340 g/mol. The van der Waals surface area contributed by atoms with Crippen molar-refractivity contribution >= 4 is 21.4 Å². The van der Waals surface area contributed by atoms with Crippen LogP contribution in [0.2, 0.25) is 0 Å². The fourth-order valence-corrected chi connectivity index (χ4v) is 3.32. The largest absolute Gasteiger partial charge is 0.391 e. The molecule has 24 heavy (non-hydrogen) atoms. The molecule has 0 atom stereocenters. The summed E-state index contributed by atoms with van der Waals surface area (Å²) in [7, 11) is -0.137. The van der Waals surface area contributed by atoms with Crippen LogP contribution in [0.15, 0.2) is 72.8 Å². The van der Waals surface area contributed by atoms with E-state index in [1.807, 2.05) is 60.7 Å². The number of hydrogen-bond donors (Lipinski definition) is 0. The molecule has 0 heterocycles. The van der Waals surface area contributed by atoms with E-state index in [9.17, 15) is 0 Å². The van der Waals surface area contributed by atoms with Gasteiger partial charge in [0, 0.05) is 7.11 Å². The molecule has 0 aromatic heterocycles. The van der Waals surface area contributed by atoms with Gasteiger partial charge in [-0.25, -0.2) is 0 Å². The molecule has 2 aromatic carbocycles. The van der Waals surface area contributed by atoms with Crippen LogP contribution in [0.25, 0.3) is 12.2 Å². The van der Waals surface area contributed by atoms with Gasteiger partial charge in [-0.3, -0.25) is 0 Å². The van der Waals surface area contributed by atoms with E-state index < -0.39 is 9.28 Å². The Morgan fingerprint density at radius 2 is 1.21 bits per heavy atom. The second-order valence-corrected chi connectivity index (χ2v) is 7.04. The molecular weight excluding hydrogens is 316 g/mol. The number of hydrogen-bond acceptors (Lipinski definition) is 3. The maximum absolute atomic E-state index is 5.83. The monoisotopic (exact) mass is 340 g/mol. The summed E-state index contributed by atoms with van der Waals surface area (Å²) in [4.78, 5) is 0. The lowest BCUT2D eigenvalue weighted by Gasteiger charge is -2.13. The summed E-state index contributed by atoms with van der Waals surface area (Å²) in [5.74, 6) is 0. The van der Waals surface area contributed by atoms with Crippen molar-refractivity contribution in [2.75, 3.05) is 26.6 Å². The predicted octanol–water partition coefficient (Wildman–Crippen LogP) is 3.85. The van der Waals surface area contributed by atoms with Crippen LogP contribution in [-0.4, -0.2) is 35.8 Å². The zero-order valence-electron chi connectivity index (χ0n) is 14.0. The number of ether oxygens (including phenoxy) is 1. The molecule has 4 heteroatoms. The first-order chi connectivity index (χ1) is 11.9. The van der Waals surface area contributed by atoms with Crippen molar-refractivity contribution in [1.29, 1.82) is 0 Å². The number of rotatable bonds is 10. The highest BCUT2D eigenvalue weighted by molar-refractivity contribution is 6.44. The van der Waals surface area contributed by atoms with Crippen LogP contribution in [0.4, 0.5) is 0 Å². The van der Waals surface area contributed by atoms with E-state index in [1.54, 1.807) is 7.11 Å². The highest BCUT2D eigenvalue weighted by Gasteiger charge is 2.11. The molecule has 0 aliphatic carbocycles. The van der Waals surface area contributed by atoms with Crippen LogP contribution >= 0.6 is 0 Å². The van der Waals surface area contributed by atoms with Crippen LogP contribution < -0.4 is 0 Å². The van der Waals surface area contributed by atoms with Gasteiger partial charge in [-0.05, 0) is 11.1 Å². The second-order valence-electron chi connectivity index (χ2n) is 5.18. The van der Waals surface area contributed by atoms with Crippen LogP contribution in [-0.2, 0) is 13.6 Å². The molecule has 0 spiro atoms. The maximum atomic E-state index is 5.83. The molecule has 0 saturated carbocycles. The van der Waals surface area contributed by atoms with E-state index in [1.165, 1.54) is 0 Å². The van der Waals surface area contributed by atoms with Gasteiger partial charge in [-0.1, -0.05) is 85.0 Å². The van der Waals surface area contributed by atoms with Crippen molar-refractivity contribution < 1.29 is 13.6 Å². The molecule has 2 rings (SSSR count). The summed E-state index contributed by atoms with van der Waals surface area (Å²) < 4.78 is 16.9. The highest BCUT2D eigenvalue weighted by Crippen LogP contribution is 2.03. The van der Waals surface area contributed by atoms with Crippen LogP contribution in [0.5, 0.6) is 0 Å². The van der Waals surface area contributed by atoms with Gasteiger partial charge >= 0.3 is 9.28 Å². The molecule has 3 nitrogen and oxygen atoms in total. The normalized spacial score (nSPS) is 12.9. The highest BCUT2D eigenvalue weighted by atomic mass is 28.3. The molecule has 0 radical (unpaired) electrons. The minimum atomic E-state index is -1.81. The Bertz CT molecular complexity index is 558. The van der Waals surface area contributed by atoms with E-state index in [-0.39, 0.29) is 0 Å². The number of benzene rings is 2. The first kappa shape index (κ1) is 18.4. The molecule has 0 aliphatic rings. The van der Waals surface area contributed by atoms with Gasteiger partial charge < -0.3 is 13.6 Å². The summed E-state index contributed by atoms with van der Waals surface area (Å²) in [5.41, 5.74) is 2.33. The molecule has 0 bridgehead atoms. The molecule has 0 aliphatic heterocycles. The van der Waals surface area contributed by atoms with Gasteiger partial charge in [0.05, 0.1) is 19.4 Å². The number of methoxy groups -OCH3 is 1. The van der Waals surface area contributed by atoms with Gasteiger partial charge in [-0.15, -0.1) is 0 Å². The van der Waals surface area contributed by atoms with E-state index in [2.05, 4.69) is 24.3 Å². The quantitative estimate of drug-likeness (QED) is 0.615. The van der Waals surface area contributed by atoms with E-state index >= 15 is 0 Å². The summed E-state index contributed by atoms with van der Waals surface area (Å²) in [6, 6.07) is 20.3. The van der Waals surface area contributed by atoms with Gasteiger partial charge in [-0.2, -0.15) is 0 Å². The van der Waals surface area contributed by atoms with E-state index in [0.717, 1.165) is 11.1 Å². The van der Waals surface area contributed by atoms with Gasteiger partial charge in [0.2, 0.25) is 0 Å². The third-order valence-electron chi connectivity index (χ3n) is 3.28. The van der Waals surface area contributed by atoms with Gasteiger partial charge in [0.25, 0.3) is 0 Å². The van der Waals surface area contributed by atoms with Crippen LogP contribution in [0.3, 0.4) is 0 Å². The average Bonchev–Trinajstić information content (AvgIpc) is 2.64. The zero-order valence-corrected chi connectivity index (χ0v) is 15.2. The minimum Gasteiger partial charge on any atom is -0.391 e. The first-order valence-corrected chi connectivity index (χ1v) is 9.80. The molecule has 2 aromatic rings. The maximum Gasteiger partial charge on any atom is 0.348 e. The molecule has 0 unspecified atom stereocenters. The third-order valence-corrected chi connectivity index (χ3v) is 5.01. The predicted molar refractivity (Wildman–Crippen MR) is 102 cm³/mol. The molecule has 0 amide bonds. The lowest BCUT2D eigenvalue weighted by molar-refractivity contribution is 0.167. The van der Waals surface area contributed by atoms with Crippen molar-refractivity contribution in [1.82, 2.24) is 0 Å². The Morgan fingerprint density at radius 3 is 1.62 bits per heavy atom. The molecule has 126 valence electrons. The van der Waals surface area contributed by atoms with Crippen molar-refractivity contribution in [3.63, 3.8) is 0 Å². The van der Waals surface area contributed by atoms with Gasteiger partial charge in [0.15, 0.2) is 0 Å². The third kappa shape index (κ3) is 7.52. The Hall–Kier alpha value is -1.98. The topological polar surface area (TPSA) is 27.7 Å². The molecule has 0 fully saturated rings. The summed E-state index contributed by atoms with van der Waals surface area (Å²) >= 11 is 0. The minimum absolute atomic E-state index is 0.539. The standard InChI is InChI=1S/C20H24O3Si/c1-21-18-24(22-16-8-14-19-10-4-2-5-11-19)23-17-9-15-20-12-6-3-7-13-20/h2-15,24H,16-18H2,1H3. The Balaban J connectivity index is 1.71. The van der Waals surface area contributed by atoms with E-state index in [0.29, 0.717) is 19.4 Å². The van der Waals surface area contributed by atoms with Crippen molar-refractivity contribution in [2.45, 2.75) is 0 Å². The first-order valence-electron chi connectivity index (χ1n) is 8.04. The smallest absolute Gasteiger partial charge is 0.348 e. The van der Waals surface area contributed by atoms with Gasteiger partial charge in [0.1, 0.15) is 0 Å². The lowest BCUT2D eigenvalue weighted by atomic mass is 10.2. The molecular formula is C20H24O3Si. The Kier molecular flexibility index (Phi) is 8.82. The summed E-state index contributed by atoms with van der Waals surface area (Å²) in [5, 5.41) is 0. The Morgan fingerprint density at radius 1 is 0.750 bits per heavy atom. The van der Waals surface area contributed by atoms with Crippen LogP contribution in [0, 0.1) is 0 Å². The zero-order chi connectivity index (χ0) is 16.9. The molecule has 0 N–H and O–H groups in total. The lowest BCUT2D eigenvalue weighted by Crippen LogP contribution is -2.29. The SMILES string of the molecule is COC[SiH](OCC=Cc1ccccc1)OCC=Cc1ccccc1. The fraction of sp³-hybridized carbons (Fsp3) is 0.200. The summed E-state index contributed by atoms with van der Waals surface area (Å²) in [6.45, 7) is 1.08. The summed E-state index contributed by atoms with van der Waals surface area (Å²) in [6.07, 6.45) is 8.65. The van der Waals surface area contributed by atoms with Crippen LogP contribution in [0.1, 0.15) is 11.1 Å². The van der Waals surface area contributed by atoms with Crippen molar-refractivity contribution in [2.24, 2.45) is 0 Å². The molecule has 0 saturated heterocycles. The van der Waals surface area contributed by atoms with Crippen molar-refractivity contribution in [3.05, 3.63) is 83.9 Å². The second kappa shape index (κ2) is 11.5. The van der Waals surface area contributed by atoms with E-state index in [4.69, 9.17) is 13.6 Å². The van der Waals surface area contributed by atoms with Crippen molar-refractivity contribution in [3.8, 4) is 0 Å². The Labute approximate surface area is 146 Å².